The molecule has 0 bridgehead atoms. The van der Waals surface area contributed by atoms with Crippen LogP contribution in [0.3, 0.4) is 0 Å². The van der Waals surface area contributed by atoms with Gasteiger partial charge in [-0.1, -0.05) is 23.2 Å². The fraction of sp³-hybridized carbons (Fsp3) is 0.0667. The van der Waals surface area contributed by atoms with Gasteiger partial charge in [0.1, 0.15) is 12.0 Å². The monoisotopic (exact) mass is 372 g/mol. The van der Waals surface area contributed by atoms with Crippen LogP contribution in [0.15, 0.2) is 36.8 Å². The van der Waals surface area contributed by atoms with E-state index in [9.17, 15) is 0 Å². The Morgan fingerprint density at radius 2 is 1.92 bits per heavy atom. The summed E-state index contributed by atoms with van der Waals surface area (Å²) in [7, 11) is 0. The van der Waals surface area contributed by atoms with Crippen molar-refractivity contribution < 1.29 is 0 Å². The van der Waals surface area contributed by atoms with Crippen molar-refractivity contribution in [2.75, 3.05) is 5.32 Å². The molecule has 0 aliphatic rings. The zero-order valence-corrected chi connectivity index (χ0v) is 14.4. The van der Waals surface area contributed by atoms with E-state index in [1.54, 1.807) is 35.0 Å². The predicted octanol–water partition coefficient (Wildman–Crippen LogP) is 3.34. The lowest BCUT2D eigenvalue weighted by Crippen LogP contribution is -2.05. The van der Waals surface area contributed by atoms with Gasteiger partial charge in [0.15, 0.2) is 0 Å². The van der Waals surface area contributed by atoms with Crippen molar-refractivity contribution in [2.45, 2.75) is 6.92 Å². The van der Waals surface area contributed by atoms with Gasteiger partial charge in [-0.25, -0.2) is 9.97 Å². The topological polar surface area (TPSA) is 93.8 Å². The summed E-state index contributed by atoms with van der Waals surface area (Å²) in [5.41, 5.74) is 2.71. The molecule has 4 rings (SSSR count). The number of halogens is 2. The highest BCUT2D eigenvalue weighted by Gasteiger charge is 2.12. The van der Waals surface area contributed by atoms with Gasteiger partial charge in [-0.05, 0) is 31.2 Å². The first-order valence-corrected chi connectivity index (χ1v) is 7.96. The van der Waals surface area contributed by atoms with Crippen LogP contribution in [0.2, 0.25) is 10.0 Å². The maximum Gasteiger partial charge on any atom is 0.271 e. The fourth-order valence-corrected chi connectivity index (χ4v) is 2.60. The smallest absolute Gasteiger partial charge is 0.271 e. The molecular formula is C15H10Cl2N8. The van der Waals surface area contributed by atoms with Crippen molar-refractivity contribution in [3.63, 3.8) is 0 Å². The SMILES string of the molecule is Cc1c(-c2ccnc(Nc3ccc(Cl)c(Cl)c3)n2)nnc2ncnn12. The first-order valence-electron chi connectivity index (χ1n) is 7.20. The molecule has 1 aromatic carbocycles. The highest BCUT2D eigenvalue weighted by molar-refractivity contribution is 6.42. The van der Waals surface area contributed by atoms with Gasteiger partial charge >= 0.3 is 0 Å². The molecule has 124 valence electrons. The van der Waals surface area contributed by atoms with Crippen molar-refractivity contribution in [3.05, 3.63) is 52.5 Å². The summed E-state index contributed by atoms with van der Waals surface area (Å²) in [6.07, 6.45) is 3.06. The van der Waals surface area contributed by atoms with Crippen molar-refractivity contribution in [3.8, 4) is 11.4 Å². The number of fused-ring (bicyclic) bond motifs is 1. The second-order valence-corrected chi connectivity index (χ2v) is 5.94. The lowest BCUT2D eigenvalue weighted by atomic mass is 10.2. The molecule has 0 amide bonds. The van der Waals surface area contributed by atoms with Crippen LogP contribution < -0.4 is 5.32 Å². The normalized spacial score (nSPS) is 11.0. The van der Waals surface area contributed by atoms with E-state index in [4.69, 9.17) is 23.2 Å². The lowest BCUT2D eigenvalue weighted by molar-refractivity contribution is 0.850. The third-order valence-corrected chi connectivity index (χ3v) is 4.24. The first-order chi connectivity index (χ1) is 12.1. The van der Waals surface area contributed by atoms with Crippen molar-refractivity contribution in [2.24, 2.45) is 0 Å². The Hall–Kier alpha value is -2.84. The fourth-order valence-electron chi connectivity index (χ4n) is 2.30. The van der Waals surface area contributed by atoms with E-state index < -0.39 is 0 Å². The molecule has 3 heterocycles. The van der Waals surface area contributed by atoms with Crippen molar-refractivity contribution >= 4 is 40.6 Å². The summed E-state index contributed by atoms with van der Waals surface area (Å²) in [6.45, 7) is 1.87. The Morgan fingerprint density at radius 3 is 2.76 bits per heavy atom. The average molecular weight is 373 g/mol. The van der Waals surface area contributed by atoms with Gasteiger partial charge in [0.25, 0.3) is 5.78 Å². The molecule has 0 radical (unpaired) electrons. The predicted molar refractivity (Wildman–Crippen MR) is 94.1 cm³/mol. The number of hydrogen-bond acceptors (Lipinski definition) is 7. The second kappa shape index (κ2) is 6.23. The van der Waals surface area contributed by atoms with Crippen LogP contribution in [-0.2, 0) is 0 Å². The van der Waals surface area contributed by atoms with Gasteiger partial charge in [-0.15, -0.1) is 10.2 Å². The quantitative estimate of drug-likeness (QED) is 0.589. The Morgan fingerprint density at radius 1 is 1.04 bits per heavy atom. The van der Waals surface area contributed by atoms with E-state index in [2.05, 4.69) is 35.6 Å². The lowest BCUT2D eigenvalue weighted by Gasteiger charge is -2.08. The van der Waals surface area contributed by atoms with Crippen molar-refractivity contribution in [1.82, 2.24) is 34.8 Å². The summed E-state index contributed by atoms with van der Waals surface area (Å²) in [4.78, 5) is 12.7. The maximum absolute atomic E-state index is 6.03. The molecular weight excluding hydrogens is 363 g/mol. The van der Waals surface area contributed by atoms with Gasteiger partial charge in [0.2, 0.25) is 5.95 Å². The molecule has 3 aromatic heterocycles. The van der Waals surface area contributed by atoms with Gasteiger partial charge in [0, 0.05) is 11.9 Å². The Balaban J connectivity index is 1.70. The van der Waals surface area contributed by atoms with Crippen LogP contribution >= 0.6 is 23.2 Å². The van der Waals surface area contributed by atoms with E-state index >= 15 is 0 Å². The van der Waals surface area contributed by atoms with Crippen LogP contribution in [0.25, 0.3) is 17.2 Å². The summed E-state index contributed by atoms with van der Waals surface area (Å²) < 4.78 is 1.61. The number of nitrogens with one attached hydrogen (secondary N) is 1. The van der Waals surface area contributed by atoms with Crippen molar-refractivity contribution in [1.29, 1.82) is 0 Å². The molecule has 25 heavy (non-hydrogen) atoms. The zero-order chi connectivity index (χ0) is 17.4. The minimum atomic E-state index is 0.399. The molecule has 10 heteroatoms. The molecule has 4 aromatic rings. The number of hydrogen-bond donors (Lipinski definition) is 1. The van der Waals surface area contributed by atoms with Crippen LogP contribution in [0.5, 0.6) is 0 Å². The Labute approximate surface area is 151 Å². The molecule has 0 unspecified atom stereocenters. The van der Waals surface area contributed by atoms with Crippen LogP contribution in [0, 0.1) is 6.92 Å². The summed E-state index contributed by atoms with van der Waals surface area (Å²) >= 11 is 12.0. The summed E-state index contributed by atoms with van der Waals surface area (Å²) in [5.74, 6) is 0.834. The molecule has 0 spiro atoms. The van der Waals surface area contributed by atoms with Gasteiger partial charge in [-0.3, -0.25) is 0 Å². The molecule has 0 saturated carbocycles. The first kappa shape index (κ1) is 15.7. The number of anilines is 2. The average Bonchev–Trinajstić information content (AvgIpc) is 3.08. The van der Waals surface area contributed by atoms with Gasteiger partial charge < -0.3 is 5.32 Å². The third kappa shape index (κ3) is 2.97. The van der Waals surface area contributed by atoms with Crippen LogP contribution in [-0.4, -0.2) is 34.8 Å². The number of nitrogens with zero attached hydrogens (tertiary/aromatic N) is 7. The minimum absolute atomic E-state index is 0.399. The third-order valence-electron chi connectivity index (χ3n) is 3.50. The maximum atomic E-state index is 6.03. The van der Waals surface area contributed by atoms with E-state index in [0.29, 0.717) is 33.2 Å². The van der Waals surface area contributed by atoms with Crippen LogP contribution in [0.1, 0.15) is 5.69 Å². The molecule has 0 atom stereocenters. The zero-order valence-electron chi connectivity index (χ0n) is 12.9. The molecule has 0 saturated heterocycles. The highest BCUT2D eigenvalue weighted by Crippen LogP contribution is 2.26. The minimum Gasteiger partial charge on any atom is -0.324 e. The molecule has 0 aliphatic carbocycles. The number of benzene rings is 1. The number of rotatable bonds is 3. The standard InChI is InChI=1S/C15H10Cl2N8/c1-8-13(23-24-15-19-7-20-25(8)15)12-4-5-18-14(22-12)21-9-2-3-10(16)11(17)6-9/h2-7H,1H3,(H,18,21,22). The second-order valence-electron chi connectivity index (χ2n) is 5.13. The van der Waals surface area contributed by atoms with E-state index in [-0.39, 0.29) is 0 Å². The molecule has 8 nitrogen and oxygen atoms in total. The number of aromatic nitrogens is 7. The highest BCUT2D eigenvalue weighted by atomic mass is 35.5. The van der Waals surface area contributed by atoms with Gasteiger partial charge in [-0.2, -0.15) is 14.6 Å². The number of aryl methyl sites for hydroxylation is 1. The molecule has 1 N–H and O–H groups in total. The summed E-state index contributed by atoms with van der Waals surface area (Å²) in [5, 5.41) is 16.4. The van der Waals surface area contributed by atoms with E-state index in [1.165, 1.54) is 6.33 Å². The van der Waals surface area contributed by atoms with Crippen LogP contribution in [0.4, 0.5) is 11.6 Å². The van der Waals surface area contributed by atoms with Gasteiger partial charge in [0.05, 0.1) is 21.4 Å². The molecule has 0 fully saturated rings. The summed E-state index contributed by atoms with van der Waals surface area (Å²) in [6, 6.07) is 6.94. The Kier molecular flexibility index (Phi) is 3.90. The van der Waals surface area contributed by atoms with E-state index in [0.717, 1.165) is 11.4 Å². The Bertz CT molecular complexity index is 1080. The molecule has 0 aliphatic heterocycles. The van der Waals surface area contributed by atoms with E-state index in [1.807, 2.05) is 6.92 Å². The largest absolute Gasteiger partial charge is 0.324 e.